The van der Waals surface area contributed by atoms with Crippen molar-refractivity contribution in [1.82, 2.24) is 0 Å². The second-order valence-electron chi connectivity index (χ2n) is 2.10. The Bertz CT molecular complexity index is 165. The second kappa shape index (κ2) is 2.65. The Morgan fingerprint density at radius 2 is 2.56 bits per heavy atom. The molecule has 0 aromatic heterocycles. The van der Waals surface area contributed by atoms with Gasteiger partial charge in [0.15, 0.2) is 0 Å². The average molecular weight is 122 g/mol. The fourth-order valence-electron chi connectivity index (χ4n) is 0.836. The molecule has 0 amide bonds. The third-order valence-corrected chi connectivity index (χ3v) is 1.35. The first-order chi connectivity index (χ1) is 4.33. The molecule has 0 fully saturated rings. The lowest BCUT2D eigenvalue weighted by atomic mass is 10.0. The topological polar surface area (TPSA) is 20.2 Å². The molecule has 0 spiro atoms. The molecule has 1 nitrogen and oxygen atoms in total. The van der Waals surface area contributed by atoms with Crippen molar-refractivity contribution in [3.05, 3.63) is 36.5 Å². The van der Waals surface area contributed by atoms with E-state index in [1.54, 1.807) is 12.2 Å². The highest BCUT2D eigenvalue weighted by molar-refractivity contribution is 5.27. The van der Waals surface area contributed by atoms with E-state index in [4.69, 9.17) is 5.11 Å². The van der Waals surface area contributed by atoms with Crippen LogP contribution in [-0.4, -0.2) is 11.2 Å². The zero-order chi connectivity index (χ0) is 6.69. The lowest BCUT2D eigenvalue weighted by molar-refractivity contribution is 0.223. The van der Waals surface area contributed by atoms with Crippen LogP contribution in [0.2, 0.25) is 0 Å². The Balaban J connectivity index is 2.65. The van der Waals surface area contributed by atoms with Gasteiger partial charge in [-0.3, -0.25) is 0 Å². The highest BCUT2D eigenvalue weighted by Gasteiger charge is 2.03. The molecule has 9 heavy (non-hydrogen) atoms. The van der Waals surface area contributed by atoms with Crippen molar-refractivity contribution in [2.24, 2.45) is 0 Å². The lowest BCUT2D eigenvalue weighted by Crippen LogP contribution is -2.04. The average Bonchev–Trinajstić information content (AvgIpc) is 1.88. The Morgan fingerprint density at radius 1 is 1.78 bits per heavy atom. The zero-order valence-electron chi connectivity index (χ0n) is 5.25. The van der Waals surface area contributed by atoms with Gasteiger partial charge in [0.05, 0.1) is 6.10 Å². The maximum Gasteiger partial charge on any atom is 0.0764 e. The second-order valence-corrected chi connectivity index (χ2v) is 2.10. The molecule has 48 valence electrons. The fraction of sp³-hybridized carbons (Fsp3) is 0.250. The van der Waals surface area contributed by atoms with Crippen molar-refractivity contribution in [1.29, 1.82) is 0 Å². The molecule has 1 unspecified atom stereocenters. The largest absolute Gasteiger partial charge is 0.389 e. The summed E-state index contributed by atoms with van der Waals surface area (Å²) in [7, 11) is 0. The van der Waals surface area contributed by atoms with Gasteiger partial charge in [-0.25, -0.2) is 0 Å². The van der Waals surface area contributed by atoms with Crippen molar-refractivity contribution in [2.75, 3.05) is 0 Å². The molecule has 1 atom stereocenters. The van der Waals surface area contributed by atoms with E-state index in [9.17, 15) is 0 Å². The van der Waals surface area contributed by atoms with E-state index in [1.165, 1.54) is 0 Å². The van der Waals surface area contributed by atoms with Crippen LogP contribution in [0.4, 0.5) is 0 Å². The normalized spacial score (nSPS) is 25.4. The van der Waals surface area contributed by atoms with Crippen molar-refractivity contribution in [3.8, 4) is 0 Å². The smallest absolute Gasteiger partial charge is 0.0764 e. The summed E-state index contributed by atoms with van der Waals surface area (Å²) in [5.74, 6) is 0. The standard InChI is InChI=1S/C8H10O/c1-2-7-4-3-5-8(9)6-7/h2-5,8-9H,1,6H2. The van der Waals surface area contributed by atoms with Crippen LogP contribution in [0.3, 0.4) is 0 Å². The Morgan fingerprint density at radius 3 is 3.00 bits per heavy atom. The molecule has 1 N–H and O–H groups in total. The van der Waals surface area contributed by atoms with Crippen LogP contribution in [0.5, 0.6) is 0 Å². The first-order valence-electron chi connectivity index (χ1n) is 3.01. The molecule has 0 heterocycles. The summed E-state index contributed by atoms with van der Waals surface area (Å²) in [4.78, 5) is 0. The fourth-order valence-corrected chi connectivity index (χ4v) is 0.836. The third-order valence-electron chi connectivity index (χ3n) is 1.35. The summed E-state index contributed by atoms with van der Waals surface area (Å²) >= 11 is 0. The monoisotopic (exact) mass is 122 g/mol. The third kappa shape index (κ3) is 1.54. The quantitative estimate of drug-likeness (QED) is 0.557. The van der Waals surface area contributed by atoms with Crippen molar-refractivity contribution in [2.45, 2.75) is 12.5 Å². The first-order valence-corrected chi connectivity index (χ1v) is 3.01. The van der Waals surface area contributed by atoms with E-state index in [0.29, 0.717) is 6.42 Å². The number of rotatable bonds is 1. The van der Waals surface area contributed by atoms with Gasteiger partial charge >= 0.3 is 0 Å². The number of aliphatic hydroxyl groups excluding tert-OH is 1. The number of hydrogen-bond donors (Lipinski definition) is 1. The maximum absolute atomic E-state index is 9.04. The summed E-state index contributed by atoms with van der Waals surface area (Å²) in [6, 6.07) is 0. The number of aliphatic hydroxyl groups is 1. The predicted octanol–water partition coefficient (Wildman–Crippen LogP) is 1.42. The summed E-state index contributed by atoms with van der Waals surface area (Å²) < 4.78 is 0. The number of hydrogen-bond acceptors (Lipinski definition) is 1. The predicted molar refractivity (Wildman–Crippen MR) is 38.0 cm³/mol. The van der Waals surface area contributed by atoms with Crippen LogP contribution in [0, 0.1) is 0 Å². The molecular weight excluding hydrogens is 112 g/mol. The van der Waals surface area contributed by atoms with Crippen LogP contribution in [0.15, 0.2) is 36.5 Å². The Kier molecular flexibility index (Phi) is 1.85. The van der Waals surface area contributed by atoms with Gasteiger partial charge in [0.2, 0.25) is 0 Å². The SMILES string of the molecule is C=CC1=CC=CC(O)C1. The Hall–Kier alpha value is -0.820. The zero-order valence-corrected chi connectivity index (χ0v) is 5.25. The number of allylic oxidation sites excluding steroid dienone is 3. The van der Waals surface area contributed by atoms with Crippen LogP contribution in [0.25, 0.3) is 0 Å². The van der Waals surface area contributed by atoms with E-state index in [0.717, 1.165) is 5.57 Å². The molecule has 1 rings (SSSR count). The van der Waals surface area contributed by atoms with E-state index >= 15 is 0 Å². The molecule has 0 aromatic rings. The first kappa shape index (κ1) is 6.30. The van der Waals surface area contributed by atoms with Gasteiger partial charge in [-0.05, 0) is 5.57 Å². The highest BCUT2D eigenvalue weighted by atomic mass is 16.3. The summed E-state index contributed by atoms with van der Waals surface area (Å²) in [5.41, 5.74) is 1.10. The lowest BCUT2D eigenvalue weighted by Gasteiger charge is -2.08. The van der Waals surface area contributed by atoms with Gasteiger partial charge in [0, 0.05) is 6.42 Å². The summed E-state index contributed by atoms with van der Waals surface area (Å²) in [6.07, 6.45) is 7.76. The highest BCUT2D eigenvalue weighted by Crippen LogP contribution is 2.12. The van der Waals surface area contributed by atoms with Gasteiger partial charge < -0.3 is 5.11 Å². The van der Waals surface area contributed by atoms with E-state index in [2.05, 4.69) is 6.58 Å². The minimum absolute atomic E-state index is 0.303. The van der Waals surface area contributed by atoms with Crippen molar-refractivity contribution < 1.29 is 5.11 Å². The van der Waals surface area contributed by atoms with Crippen LogP contribution in [0.1, 0.15) is 6.42 Å². The van der Waals surface area contributed by atoms with Gasteiger partial charge in [0.1, 0.15) is 0 Å². The molecule has 1 heteroatoms. The molecular formula is C8H10O. The van der Waals surface area contributed by atoms with Crippen LogP contribution >= 0.6 is 0 Å². The van der Waals surface area contributed by atoms with Gasteiger partial charge in [-0.2, -0.15) is 0 Å². The van der Waals surface area contributed by atoms with E-state index < -0.39 is 0 Å². The molecule has 0 aliphatic heterocycles. The van der Waals surface area contributed by atoms with E-state index in [1.807, 2.05) is 12.2 Å². The molecule has 0 saturated heterocycles. The molecule has 0 aromatic carbocycles. The molecule has 1 aliphatic rings. The summed E-state index contributed by atoms with van der Waals surface area (Å²) in [6.45, 7) is 3.61. The molecule has 0 saturated carbocycles. The van der Waals surface area contributed by atoms with Gasteiger partial charge in [0.25, 0.3) is 0 Å². The van der Waals surface area contributed by atoms with Crippen LogP contribution < -0.4 is 0 Å². The van der Waals surface area contributed by atoms with Crippen LogP contribution in [-0.2, 0) is 0 Å². The van der Waals surface area contributed by atoms with E-state index in [-0.39, 0.29) is 6.10 Å². The minimum Gasteiger partial charge on any atom is -0.389 e. The van der Waals surface area contributed by atoms with Crippen molar-refractivity contribution >= 4 is 0 Å². The minimum atomic E-state index is -0.303. The Labute approximate surface area is 55.0 Å². The maximum atomic E-state index is 9.04. The van der Waals surface area contributed by atoms with Crippen molar-refractivity contribution in [3.63, 3.8) is 0 Å². The van der Waals surface area contributed by atoms with Gasteiger partial charge in [-0.1, -0.05) is 30.9 Å². The molecule has 0 radical (unpaired) electrons. The molecule has 1 aliphatic carbocycles. The summed E-state index contributed by atoms with van der Waals surface area (Å²) in [5, 5.41) is 9.04. The molecule has 0 bridgehead atoms. The van der Waals surface area contributed by atoms with Gasteiger partial charge in [-0.15, -0.1) is 0 Å².